The van der Waals surface area contributed by atoms with Crippen LogP contribution in [0.5, 0.6) is 0 Å². The van der Waals surface area contributed by atoms with E-state index in [-0.39, 0.29) is 24.5 Å². The summed E-state index contributed by atoms with van der Waals surface area (Å²) in [6.45, 7) is 8.39. The molecule has 0 spiro atoms. The highest BCUT2D eigenvalue weighted by molar-refractivity contribution is 5.71. The molecule has 7 heteroatoms. The number of nitrogens with one attached hydrogen (secondary N) is 1. The zero-order chi connectivity index (χ0) is 16.9. The van der Waals surface area contributed by atoms with E-state index in [4.69, 9.17) is 4.74 Å². The maximum Gasteiger partial charge on any atom is 0.407 e. The maximum atomic E-state index is 11.9. The fourth-order valence-corrected chi connectivity index (χ4v) is 2.54. The lowest BCUT2D eigenvalue weighted by Gasteiger charge is -2.38. The first-order chi connectivity index (χ1) is 10.1. The quantitative estimate of drug-likeness (QED) is 0.744. The number of alkyl carbamates (subject to hydrolysis) is 1. The Labute approximate surface area is 131 Å². The number of esters is 1. The highest BCUT2D eigenvalue weighted by Gasteiger charge is 2.32. The summed E-state index contributed by atoms with van der Waals surface area (Å²) in [5.74, 6) is -0.347. The van der Waals surface area contributed by atoms with Crippen LogP contribution in [-0.2, 0) is 14.3 Å². The van der Waals surface area contributed by atoms with Crippen molar-refractivity contribution in [2.24, 2.45) is 5.92 Å². The second-order valence-corrected chi connectivity index (χ2v) is 6.85. The third kappa shape index (κ3) is 6.62. The van der Waals surface area contributed by atoms with E-state index in [1.165, 1.54) is 7.11 Å². The summed E-state index contributed by atoms with van der Waals surface area (Å²) in [4.78, 5) is 25.2. The van der Waals surface area contributed by atoms with Gasteiger partial charge in [0.15, 0.2) is 0 Å². The maximum absolute atomic E-state index is 11.9. The predicted molar refractivity (Wildman–Crippen MR) is 81.4 cm³/mol. The molecule has 1 fully saturated rings. The summed E-state index contributed by atoms with van der Waals surface area (Å²) >= 11 is 0. The molecule has 1 rings (SSSR count). The van der Waals surface area contributed by atoms with Crippen molar-refractivity contribution < 1.29 is 24.2 Å². The summed E-state index contributed by atoms with van der Waals surface area (Å²) in [6, 6.07) is -0.173. The first-order valence-corrected chi connectivity index (χ1v) is 7.57. The Morgan fingerprint density at radius 3 is 2.50 bits per heavy atom. The normalized spacial score (nSPS) is 24.5. The van der Waals surface area contributed by atoms with Gasteiger partial charge in [0.05, 0.1) is 19.8 Å². The molecule has 1 amide bonds. The van der Waals surface area contributed by atoms with Crippen molar-refractivity contribution in [3.8, 4) is 0 Å². The van der Waals surface area contributed by atoms with Gasteiger partial charge in [-0.1, -0.05) is 0 Å². The third-order valence-corrected chi connectivity index (χ3v) is 3.54. The topological polar surface area (TPSA) is 88.1 Å². The second kappa shape index (κ2) is 7.78. The third-order valence-electron chi connectivity index (χ3n) is 3.54. The molecule has 0 aromatic carbocycles. The van der Waals surface area contributed by atoms with Crippen molar-refractivity contribution in [3.63, 3.8) is 0 Å². The molecule has 0 radical (unpaired) electrons. The number of amides is 1. The molecule has 0 aliphatic carbocycles. The lowest BCUT2D eigenvalue weighted by Crippen LogP contribution is -2.54. The number of carbonyl (C=O) groups is 2. The van der Waals surface area contributed by atoms with Crippen molar-refractivity contribution in [1.82, 2.24) is 10.2 Å². The van der Waals surface area contributed by atoms with Gasteiger partial charge in [-0.3, -0.25) is 9.69 Å². The van der Waals surface area contributed by atoms with Crippen LogP contribution in [0.2, 0.25) is 0 Å². The summed E-state index contributed by atoms with van der Waals surface area (Å²) in [6.07, 6.45) is -0.348. The zero-order valence-electron chi connectivity index (χ0n) is 14.1. The molecule has 0 aromatic rings. The number of rotatable bonds is 4. The van der Waals surface area contributed by atoms with Crippen molar-refractivity contribution in [1.29, 1.82) is 0 Å². The largest absolute Gasteiger partial charge is 0.468 e. The van der Waals surface area contributed by atoms with Gasteiger partial charge < -0.3 is 19.9 Å². The highest BCUT2D eigenvalue weighted by Crippen LogP contribution is 2.20. The molecule has 7 nitrogen and oxygen atoms in total. The summed E-state index contributed by atoms with van der Waals surface area (Å²) in [5.41, 5.74) is -0.561. The molecule has 1 heterocycles. The fourth-order valence-electron chi connectivity index (χ4n) is 2.54. The first-order valence-electron chi connectivity index (χ1n) is 7.57. The van der Waals surface area contributed by atoms with Gasteiger partial charge in [0, 0.05) is 19.1 Å². The summed E-state index contributed by atoms with van der Waals surface area (Å²) in [5, 5.41) is 12.7. The van der Waals surface area contributed by atoms with Crippen LogP contribution in [0.1, 0.15) is 34.1 Å². The fraction of sp³-hybridized carbons (Fsp3) is 0.867. The number of methoxy groups -OCH3 is 1. The zero-order valence-corrected chi connectivity index (χ0v) is 14.1. The van der Waals surface area contributed by atoms with Crippen LogP contribution in [0.4, 0.5) is 4.79 Å². The van der Waals surface area contributed by atoms with Gasteiger partial charge in [0.25, 0.3) is 0 Å². The minimum absolute atomic E-state index is 0.0154. The SMILES string of the molecule is COC(=O)CN1CC(NC(=O)OC(C)(C)C)CC(C(C)O)C1. The van der Waals surface area contributed by atoms with Gasteiger partial charge in [-0.15, -0.1) is 0 Å². The Bertz CT molecular complexity index is 392. The second-order valence-electron chi connectivity index (χ2n) is 6.85. The number of carbonyl (C=O) groups excluding carboxylic acids is 2. The lowest BCUT2D eigenvalue weighted by molar-refractivity contribution is -0.142. The minimum Gasteiger partial charge on any atom is -0.468 e. The average molecular weight is 316 g/mol. The van der Waals surface area contributed by atoms with E-state index < -0.39 is 17.8 Å². The van der Waals surface area contributed by atoms with Crippen LogP contribution in [0, 0.1) is 5.92 Å². The molecule has 0 saturated carbocycles. The van der Waals surface area contributed by atoms with E-state index in [0.717, 1.165) is 0 Å². The lowest BCUT2D eigenvalue weighted by atomic mass is 9.90. The van der Waals surface area contributed by atoms with Crippen molar-refractivity contribution in [2.45, 2.75) is 51.9 Å². The Balaban J connectivity index is 2.64. The van der Waals surface area contributed by atoms with Crippen LogP contribution in [0.3, 0.4) is 0 Å². The summed E-state index contributed by atoms with van der Waals surface area (Å²) in [7, 11) is 1.34. The van der Waals surface area contributed by atoms with E-state index in [2.05, 4.69) is 10.1 Å². The number of hydrogen-bond donors (Lipinski definition) is 2. The van der Waals surface area contributed by atoms with E-state index in [0.29, 0.717) is 19.5 Å². The van der Waals surface area contributed by atoms with Crippen molar-refractivity contribution >= 4 is 12.1 Å². The van der Waals surface area contributed by atoms with E-state index in [9.17, 15) is 14.7 Å². The van der Waals surface area contributed by atoms with Gasteiger partial charge in [-0.25, -0.2) is 4.79 Å². The molecule has 3 unspecified atom stereocenters. The number of nitrogens with zero attached hydrogens (tertiary/aromatic N) is 1. The standard InChI is InChI=1S/C15H28N2O5/c1-10(18)11-6-12(16-14(20)22-15(2,3)4)8-17(7-11)9-13(19)21-5/h10-12,18H,6-9H2,1-5H3,(H,16,20). The van der Waals surface area contributed by atoms with E-state index in [1.54, 1.807) is 27.7 Å². The number of likely N-dealkylation sites (tertiary alicyclic amines) is 1. The molecule has 1 saturated heterocycles. The summed E-state index contributed by atoms with van der Waals surface area (Å²) < 4.78 is 9.93. The molecule has 3 atom stereocenters. The van der Waals surface area contributed by atoms with Crippen LogP contribution in [0.25, 0.3) is 0 Å². The molecule has 128 valence electrons. The number of aliphatic hydroxyl groups excluding tert-OH is 1. The Kier molecular flexibility index (Phi) is 6.62. The van der Waals surface area contributed by atoms with Crippen molar-refractivity contribution in [2.75, 3.05) is 26.7 Å². The van der Waals surface area contributed by atoms with Crippen molar-refractivity contribution in [3.05, 3.63) is 0 Å². The minimum atomic E-state index is -0.561. The van der Waals surface area contributed by atoms with Gasteiger partial charge >= 0.3 is 12.1 Å². The molecule has 2 N–H and O–H groups in total. The molecule has 22 heavy (non-hydrogen) atoms. The molecule has 1 aliphatic heterocycles. The van der Waals surface area contributed by atoms with Crippen LogP contribution in [0.15, 0.2) is 0 Å². The van der Waals surface area contributed by atoms with Crippen LogP contribution in [-0.4, -0.2) is 66.6 Å². The highest BCUT2D eigenvalue weighted by atomic mass is 16.6. The smallest absolute Gasteiger partial charge is 0.407 e. The Morgan fingerprint density at radius 2 is 2.00 bits per heavy atom. The molecule has 0 bridgehead atoms. The molecule has 1 aliphatic rings. The van der Waals surface area contributed by atoms with E-state index in [1.807, 2.05) is 4.90 Å². The van der Waals surface area contributed by atoms with Gasteiger partial charge in [-0.05, 0) is 40.0 Å². The van der Waals surface area contributed by atoms with Crippen LogP contribution >= 0.6 is 0 Å². The number of hydrogen-bond acceptors (Lipinski definition) is 6. The van der Waals surface area contributed by atoms with E-state index >= 15 is 0 Å². The van der Waals surface area contributed by atoms with Gasteiger partial charge in [0.1, 0.15) is 5.60 Å². The molecular weight excluding hydrogens is 288 g/mol. The number of piperidine rings is 1. The monoisotopic (exact) mass is 316 g/mol. The average Bonchev–Trinajstić information content (AvgIpc) is 2.35. The van der Waals surface area contributed by atoms with Gasteiger partial charge in [-0.2, -0.15) is 0 Å². The van der Waals surface area contributed by atoms with Crippen LogP contribution < -0.4 is 5.32 Å². The Morgan fingerprint density at radius 1 is 1.36 bits per heavy atom. The molecule has 0 aromatic heterocycles. The molecular formula is C15H28N2O5. The number of aliphatic hydroxyl groups is 1. The first kappa shape index (κ1) is 18.7. The van der Waals surface area contributed by atoms with Gasteiger partial charge in [0.2, 0.25) is 0 Å². The predicted octanol–water partition coefficient (Wildman–Crippen LogP) is 0.755. The Hall–Kier alpha value is -1.34. The number of ether oxygens (including phenoxy) is 2.